The fraction of sp³-hybridized carbons (Fsp3) is 0.259. The smallest absolute Gasteiger partial charge is 0.227 e. The molecule has 0 radical (unpaired) electrons. The van der Waals surface area contributed by atoms with Crippen molar-refractivity contribution in [3.63, 3.8) is 0 Å². The Balaban J connectivity index is 1.45. The van der Waals surface area contributed by atoms with Crippen LogP contribution in [-0.2, 0) is 22.4 Å². The second kappa shape index (κ2) is 10.3. The lowest BCUT2D eigenvalue weighted by Crippen LogP contribution is -2.38. The molecule has 0 spiro atoms. The lowest BCUT2D eigenvalue weighted by molar-refractivity contribution is -0.131. The van der Waals surface area contributed by atoms with Crippen LogP contribution in [0.5, 0.6) is 5.75 Å². The summed E-state index contributed by atoms with van der Waals surface area (Å²) in [7, 11) is 1.59. The Morgan fingerprint density at radius 2 is 1.79 bits per heavy atom. The van der Waals surface area contributed by atoms with Crippen molar-refractivity contribution in [2.45, 2.75) is 12.8 Å². The third-order valence-electron chi connectivity index (χ3n) is 6.00. The molecular weight excluding hydrogens is 419 g/mol. The maximum absolute atomic E-state index is 14.1. The predicted octanol–water partition coefficient (Wildman–Crippen LogP) is 3.86. The number of nitrogens with zero attached hydrogens (tertiary/aromatic N) is 1. The van der Waals surface area contributed by atoms with E-state index in [1.165, 1.54) is 6.07 Å². The Kier molecular flexibility index (Phi) is 7.03. The highest BCUT2D eigenvalue weighted by Gasteiger charge is 2.28. The molecule has 0 aliphatic carbocycles. The molecular formula is C27H27FN2O3. The molecule has 0 saturated carbocycles. The zero-order valence-corrected chi connectivity index (χ0v) is 18.6. The molecule has 3 aromatic rings. The molecule has 6 heteroatoms. The molecule has 1 aliphatic rings. The summed E-state index contributed by atoms with van der Waals surface area (Å²) in [6.07, 6.45) is 0.726. The summed E-state index contributed by atoms with van der Waals surface area (Å²) in [6, 6.07) is 21.7. The van der Waals surface area contributed by atoms with E-state index in [1.54, 1.807) is 30.2 Å². The predicted molar refractivity (Wildman–Crippen MR) is 125 cm³/mol. The Morgan fingerprint density at radius 3 is 2.55 bits per heavy atom. The van der Waals surface area contributed by atoms with Gasteiger partial charge in [0, 0.05) is 30.8 Å². The van der Waals surface area contributed by atoms with Crippen LogP contribution in [-0.4, -0.2) is 43.5 Å². The highest BCUT2D eigenvalue weighted by Crippen LogP contribution is 2.24. The number of benzene rings is 3. The van der Waals surface area contributed by atoms with Crippen molar-refractivity contribution in [2.24, 2.45) is 5.92 Å². The summed E-state index contributed by atoms with van der Waals surface area (Å²) >= 11 is 0. The molecule has 170 valence electrons. The highest BCUT2D eigenvalue weighted by atomic mass is 19.1. The Labute approximate surface area is 193 Å². The topological polar surface area (TPSA) is 58.6 Å². The zero-order valence-electron chi connectivity index (χ0n) is 18.6. The van der Waals surface area contributed by atoms with E-state index in [1.807, 2.05) is 48.5 Å². The molecule has 1 atom stereocenters. The van der Waals surface area contributed by atoms with E-state index >= 15 is 0 Å². The van der Waals surface area contributed by atoms with Crippen LogP contribution >= 0.6 is 0 Å². The fourth-order valence-corrected chi connectivity index (χ4v) is 4.21. The van der Waals surface area contributed by atoms with Crippen LogP contribution in [0.3, 0.4) is 0 Å². The average Bonchev–Trinajstić information content (AvgIpc) is 3.02. The molecule has 2 amide bonds. The lowest BCUT2D eigenvalue weighted by atomic mass is 9.95. The van der Waals surface area contributed by atoms with Crippen LogP contribution < -0.4 is 10.1 Å². The minimum atomic E-state index is -0.353. The number of hydrogen-bond acceptors (Lipinski definition) is 3. The van der Waals surface area contributed by atoms with Crippen LogP contribution in [0, 0.1) is 11.7 Å². The summed E-state index contributed by atoms with van der Waals surface area (Å²) < 4.78 is 19.4. The first kappa shape index (κ1) is 22.5. The number of nitrogens with one attached hydrogen (secondary N) is 1. The highest BCUT2D eigenvalue weighted by molar-refractivity contribution is 5.83. The molecule has 0 bridgehead atoms. The van der Waals surface area contributed by atoms with E-state index in [9.17, 15) is 14.0 Å². The van der Waals surface area contributed by atoms with Gasteiger partial charge in [0.15, 0.2) is 0 Å². The third kappa shape index (κ3) is 5.40. The van der Waals surface area contributed by atoms with Gasteiger partial charge in [-0.05, 0) is 29.7 Å². The van der Waals surface area contributed by atoms with E-state index in [0.717, 1.165) is 16.7 Å². The van der Waals surface area contributed by atoms with Gasteiger partial charge in [0.1, 0.15) is 11.6 Å². The monoisotopic (exact) mass is 446 g/mol. The number of rotatable bonds is 6. The van der Waals surface area contributed by atoms with E-state index in [2.05, 4.69) is 5.32 Å². The first-order valence-electron chi connectivity index (χ1n) is 11.1. The van der Waals surface area contributed by atoms with Crippen LogP contribution in [0.25, 0.3) is 11.1 Å². The van der Waals surface area contributed by atoms with Gasteiger partial charge in [0.25, 0.3) is 0 Å². The zero-order chi connectivity index (χ0) is 23.2. The Morgan fingerprint density at radius 1 is 1.06 bits per heavy atom. The van der Waals surface area contributed by atoms with Crippen molar-refractivity contribution in [1.29, 1.82) is 0 Å². The summed E-state index contributed by atoms with van der Waals surface area (Å²) in [6.45, 7) is 1.26. The van der Waals surface area contributed by atoms with Gasteiger partial charge in [-0.15, -0.1) is 0 Å². The summed E-state index contributed by atoms with van der Waals surface area (Å²) in [5.41, 5.74) is 3.13. The first-order valence-corrected chi connectivity index (χ1v) is 11.1. The standard InChI is InChI=1S/C27H27FN2O3/c1-33-25-9-5-2-6-21(25)17-26(31)30-15-14-29-27(32)22(18-30)16-19-10-12-20(13-11-19)23-7-3-4-8-24(23)28/h2-13,22H,14-18H2,1H3,(H,29,32)/t22-/m1/s1. The van der Waals surface area contributed by atoms with Crippen molar-refractivity contribution < 1.29 is 18.7 Å². The second-order valence-electron chi connectivity index (χ2n) is 8.20. The molecule has 0 aromatic heterocycles. The van der Waals surface area contributed by atoms with Gasteiger partial charge in [-0.1, -0.05) is 60.7 Å². The Hall–Kier alpha value is -3.67. The van der Waals surface area contributed by atoms with Gasteiger partial charge in [-0.25, -0.2) is 4.39 Å². The van der Waals surface area contributed by atoms with Crippen molar-refractivity contribution >= 4 is 11.8 Å². The SMILES string of the molecule is COc1ccccc1CC(=O)N1CCNC(=O)[C@H](Cc2ccc(-c3ccccc3F)cc2)C1. The number of carbonyl (C=O) groups is 2. The second-order valence-corrected chi connectivity index (χ2v) is 8.20. The van der Waals surface area contributed by atoms with Gasteiger partial charge in [0.2, 0.25) is 11.8 Å². The molecule has 1 heterocycles. The minimum Gasteiger partial charge on any atom is -0.496 e. The number of carbonyl (C=O) groups excluding carboxylic acids is 2. The summed E-state index contributed by atoms with van der Waals surface area (Å²) in [5, 5.41) is 2.92. The normalized spacial score (nSPS) is 16.1. The molecule has 1 saturated heterocycles. The van der Waals surface area contributed by atoms with E-state index in [-0.39, 0.29) is 30.0 Å². The number of halogens is 1. The van der Waals surface area contributed by atoms with Crippen LogP contribution in [0.1, 0.15) is 11.1 Å². The molecule has 4 rings (SSSR count). The third-order valence-corrected chi connectivity index (χ3v) is 6.00. The molecule has 1 fully saturated rings. The quantitative estimate of drug-likeness (QED) is 0.626. The molecule has 1 aliphatic heterocycles. The summed E-state index contributed by atoms with van der Waals surface area (Å²) in [5.74, 6) is -0.0240. The van der Waals surface area contributed by atoms with Crippen molar-refractivity contribution in [3.05, 3.63) is 89.7 Å². The Bertz CT molecular complexity index is 1130. The lowest BCUT2D eigenvalue weighted by Gasteiger charge is -2.24. The molecule has 3 aromatic carbocycles. The van der Waals surface area contributed by atoms with Gasteiger partial charge in [0.05, 0.1) is 19.4 Å². The molecule has 1 N–H and O–H groups in total. The maximum atomic E-state index is 14.1. The van der Waals surface area contributed by atoms with Gasteiger partial charge >= 0.3 is 0 Å². The first-order chi connectivity index (χ1) is 16.0. The molecule has 33 heavy (non-hydrogen) atoms. The fourth-order valence-electron chi connectivity index (χ4n) is 4.21. The van der Waals surface area contributed by atoms with E-state index < -0.39 is 0 Å². The van der Waals surface area contributed by atoms with Crippen molar-refractivity contribution in [1.82, 2.24) is 10.2 Å². The number of methoxy groups -OCH3 is 1. The van der Waals surface area contributed by atoms with E-state index in [0.29, 0.717) is 37.4 Å². The van der Waals surface area contributed by atoms with Gasteiger partial charge in [-0.2, -0.15) is 0 Å². The van der Waals surface area contributed by atoms with Crippen LogP contribution in [0.15, 0.2) is 72.8 Å². The van der Waals surface area contributed by atoms with Gasteiger partial charge in [-0.3, -0.25) is 9.59 Å². The maximum Gasteiger partial charge on any atom is 0.227 e. The minimum absolute atomic E-state index is 0.0316. The van der Waals surface area contributed by atoms with E-state index in [4.69, 9.17) is 4.74 Å². The average molecular weight is 447 g/mol. The molecule has 0 unspecified atom stereocenters. The van der Waals surface area contributed by atoms with Crippen LogP contribution in [0.2, 0.25) is 0 Å². The van der Waals surface area contributed by atoms with Crippen molar-refractivity contribution in [2.75, 3.05) is 26.7 Å². The number of para-hydroxylation sites is 1. The number of hydrogen-bond donors (Lipinski definition) is 1. The van der Waals surface area contributed by atoms with Crippen molar-refractivity contribution in [3.8, 4) is 16.9 Å². The molecule has 5 nitrogen and oxygen atoms in total. The number of ether oxygens (including phenoxy) is 1. The largest absolute Gasteiger partial charge is 0.496 e. The summed E-state index contributed by atoms with van der Waals surface area (Å²) in [4.78, 5) is 27.4. The van der Waals surface area contributed by atoms with Gasteiger partial charge < -0.3 is 15.0 Å². The number of amides is 2. The van der Waals surface area contributed by atoms with Crippen LogP contribution in [0.4, 0.5) is 4.39 Å².